The molecule has 0 spiro atoms. The summed E-state index contributed by atoms with van der Waals surface area (Å²) in [6.07, 6.45) is 7.59. The Morgan fingerprint density at radius 3 is 1.95 bits per heavy atom. The van der Waals surface area contributed by atoms with Crippen LogP contribution in [0.3, 0.4) is 0 Å². The summed E-state index contributed by atoms with van der Waals surface area (Å²) < 4.78 is 0. The van der Waals surface area contributed by atoms with E-state index in [1.54, 1.807) is 0 Å². The number of Topliss-reactive ketones (excluding diaryl/α,β-unsaturated/α-hetero) is 2. The molecule has 4 saturated carbocycles. The van der Waals surface area contributed by atoms with Crippen molar-refractivity contribution in [1.29, 1.82) is 0 Å². The summed E-state index contributed by atoms with van der Waals surface area (Å²) in [5.74, 6) is 4.06. The molecule has 4 aliphatic rings. The van der Waals surface area contributed by atoms with Crippen molar-refractivity contribution in [2.45, 2.75) is 64.4 Å². The van der Waals surface area contributed by atoms with Gasteiger partial charge in [0.05, 0.1) is 6.10 Å². The van der Waals surface area contributed by atoms with E-state index in [4.69, 9.17) is 0 Å². The molecule has 4 bridgehead atoms. The average Bonchev–Trinajstić information content (AvgIpc) is 2.77. The number of carbonyl (C=O) groups excluding carboxylic acids is 2. The summed E-state index contributed by atoms with van der Waals surface area (Å²) in [6, 6.07) is 0. The minimum absolute atomic E-state index is 0.170. The van der Waals surface area contributed by atoms with Crippen molar-refractivity contribution in [3.05, 3.63) is 0 Å². The zero-order chi connectivity index (χ0) is 14.3. The van der Waals surface area contributed by atoms with Gasteiger partial charge in [0.2, 0.25) is 0 Å². The van der Waals surface area contributed by atoms with Gasteiger partial charge in [0.15, 0.2) is 0 Å². The van der Waals surface area contributed by atoms with E-state index >= 15 is 0 Å². The smallest absolute Gasteiger partial charge is 0.133 e. The van der Waals surface area contributed by atoms with E-state index in [2.05, 4.69) is 6.92 Å². The van der Waals surface area contributed by atoms with Crippen LogP contribution >= 0.6 is 0 Å². The molecule has 0 radical (unpaired) electrons. The summed E-state index contributed by atoms with van der Waals surface area (Å²) in [4.78, 5) is 22.0. The first-order valence-electron chi connectivity index (χ1n) is 8.22. The number of hydrogen-bond donors (Lipinski definition) is 1. The summed E-state index contributed by atoms with van der Waals surface area (Å²) in [5, 5.41) is 9.36. The molecule has 3 heteroatoms. The molecule has 6 unspecified atom stereocenters. The molecule has 0 aromatic carbocycles. The molecule has 1 N–H and O–H groups in total. The number of aliphatic hydroxyl groups is 1. The van der Waals surface area contributed by atoms with Gasteiger partial charge in [-0.25, -0.2) is 0 Å². The van der Waals surface area contributed by atoms with E-state index in [9.17, 15) is 14.7 Å². The molecule has 0 aromatic heterocycles. The Morgan fingerprint density at radius 2 is 1.35 bits per heavy atom. The van der Waals surface area contributed by atoms with Gasteiger partial charge in [-0.05, 0) is 55.3 Å². The van der Waals surface area contributed by atoms with E-state index in [0.29, 0.717) is 29.8 Å². The van der Waals surface area contributed by atoms with E-state index in [-0.39, 0.29) is 6.10 Å². The second kappa shape index (κ2) is 5.59. The van der Waals surface area contributed by atoms with E-state index in [1.165, 1.54) is 12.8 Å². The normalized spacial score (nSPS) is 46.1. The van der Waals surface area contributed by atoms with E-state index < -0.39 is 0 Å². The van der Waals surface area contributed by atoms with Crippen LogP contribution in [0.25, 0.3) is 0 Å². The summed E-state index contributed by atoms with van der Waals surface area (Å²) >= 11 is 0. The molecule has 6 atom stereocenters. The van der Waals surface area contributed by atoms with Crippen LogP contribution in [0.4, 0.5) is 0 Å². The topological polar surface area (TPSA) is 54.4 Å². The van der Waals surface area contributed by atoms with Crippen molar-refractivity contribution in [3.63, 3.8) is 0 Å². The Bertz CT molecular complexity index is 361. The molecule has 112 valence electrons. The van der Waals surface area contributed by atoms with Gasteiger partial charge in [0.1, 0.15) is 11.6 Å². The maximum absolute atomic E-state index is 11.1. The molecule has 4 rings (SSSR count). The lowest BCUT2D eigenvalue weighted by Crippen LogP contribution is -2.18. The Labute approximate surface area is 121 Å². The highest BCUT2D eigenvalue weighted by Gasteiger charge is 2.39. The van der Waals surface area contributed by atoms with Gasteiger partial charge in [-0.3, -0.25) is 9.59 Å². The Balaban J connectivity index is 0.000000121. The minimum atomic E-state index is -0.170. The van der Waals surface area contributed by atoms with Crippen LogP contribution in [0.1, 0.15) is 58.3 Å². The average molecular weight is 278 g/mol. The molecule has 3 nitrogen and oxygen atoms in total. The lowest BCUT2D eigenvalue weighted by atomic mass is 9.87. The fourth-order valence-corrected chi connectivity index (χ4v) is 4.92. The largest absolute Gasteiger partial charge is 0.393 e. The van der Waals surface area contributed by atoms with Gasteiger partial charge in [-0.15, -0.1) is 0 Å². The highest BCUT2D eigenvalue weighted by atomic mass is 16.3. The number of hydrogen-bond acceptors (Lipinski definition) is 3. The number of ketones is 2. The first-order valence-corrected chi connectivity index (χ1v) is 8.22. The standard InChI is InChI=1S/C9H14O.C8H12O2/c1-6-2-7-3-8(6)5-9(10)4-7;9-7-2-5-1-6(4-7)8(10)3-5/h6-8H,2-5H2,1H3;5-6,8,10H,1-4H2. The zero-order valence-electron chi connectivity index (χ0n) is 12.4. The molecule has 4 aliphatic carbocycles. The summed E-state index contributed by atoms with van der Waals surface area (Å²) in [5.41, 5.74) is 0. The SMILES string of the molecule is CC1CC2CC(=O)CC1C2.O=C1CC2CC(O)C(C1)C2. The second-order valence-corrected chi connectivity index (χ2v) is 7.63. The zero-order valence-corrected chi connectivity index (χ0v) is 12.4. The first-order chi connectivity index (χ1) is 9.51. The number of fused-ring (bicyclic) bond motifs is 4. The van der Waals surface area contributed by atoms with Gasteiger partial charge in [0.25, 0.3) is 0 Å². The van der Waals surface area contributed by atoms with Crippen molar-refractivity contribution >= 4 is 11.6 Å². The van der Waals surface area contributed by atoms with Crippen LogP contribution in [0.2, 0.25) is 0 Å². The van der Waals surface area contributed by atoms with E-state index in [1.807, 2.05) is 0 Å². The fourth-order valence-electron chi connectivity index (χ4n) is 4.92. The maximum atomic E-state index is 11.1. The van der Waals surface area contributed by atoms with Crippen LogP contribution in [0, 0.1) is 29.6 Å². The highest BCUT2D eigenvalue weighted by Crippen LogP contribution is 2.44. The Hall–Kier alpha value is -0.700. The minimum Gasteiger partial charge on any atom is -0.393 e. The Kier molecular flexibility index (Phi) is 3.98. The van der Waals surface area contributed by atoms with Crippen LogP contribution in [0.5, 0.6) is 0 Å². The molecule has 0 amide bonds. The van der Waals surface area contributed by atoms with Crippen LogP contribution < -0.4 is 0 Å². The molecular formula is C17H26O3. The molecule has 0 saturated heterocycles. The molecule has 0 aromatic rings. The molecular weight excluding hydrogens is 252 g/mol. The third-order valence-corrected chi connectivity index (χ3v) is 5.91. The molecule has 20 heavy (non-hydrogen) atoms. The van der Waals surface area contributed by atoms with Crippen LogP contribution in [-0.4, -0.2) is 22.8 Å². The van der Waals surface area contributed by atoms with E-state index in [0.717, 1.165) is 49.9 Å². The Morgan fingerprint density at radius 1 is 0.800 bits per heavy atom. The highest BCUT2D eigenvalue weighted by molar-refractivity contribution is 5.80. The lowest BCUT2D eigenvalue weighted by molar-refractivity contribution is -0.122. The fraction of sp³-hybridized carbons (Fsp3) is 0.882. The maximum Gasteiger partial charge on any atom is 0.133 e. The van der Waals surface area contributed by atoms with Crippen molar-refractivity contribution < 1.29 is 14.7 Å². The first kappa shape index (κ1) is 14.2. The predicted octanol–water partition coefficient (Wildman–Crippen LogP) is 2.75. The third kappa shape index (κ3) is 2.98. The van der Waals surface area contributed by atoms with Crippen LogP contribution in [-0.2, 0) is 9.59 Å². The van der Waals surface area contributed by atoms with Crippen molar-refractivity contribution in [3.8, 4) is 0 Å². The lowest BCUT2D eigenvalue weighted by Gasteiger charge is -2.17. The van der Waals surface area contributed by atoms with Gasteiger partial charge < -0.3 is 5.11 Å². The second-order valence-electron chi connectivity index (χ2n) is 7.63. The van der Waals surface area contributed by atoms with Crippen LogP contribution in [0.15, 0.2) is 0 Å². The van der Waals surface area contributed by atoms with Gasteiger partial charge in [0, 0.05) is 25.7 Å². The molecule has 0 heterocycles. The third-order valence-electron chi connectivity index (χ3n) is 5.91. The van der Waals surface area contributed by atoms with Crippen molar-refractivity contribution in [2.75, 3.05) is 0 Å². The number of rotatable bonds is 0. The molecule has 0 aliphatic heterocycles. The van der Waals surface area contributed by atoms with Gasteiger partial charge in [-0.1, -0.05) is 6.92 Å². The van der Waals surface area contributed by atoms with Gasteiger partial charge in [-0.2, -0.15) is 0 Å². The van der Waals surface area contributed by atoms with Gasteiger partial charge >= 0.3 is 0 Å². The number of carbonyl (C=O) groups is 2. The summed E-state index contributed by atoms with van der Waals surface area (Å²) in [7, 11) is 0. The number of aliphatic hydroxyl groups excluding tert-OH is 1. The quantitative estimate of drug-likeness (QED) is 0.741. The summed E-state index contributed by atoms with van der Waals surface area (Å²) in [6.45, 7) is 2.29. The van der Waals surface area contributed by atoms with Crippen molar-refractivity contribution in [2.24, 2.45) is 29.6 Å². The predicted molar refractivity (Wildman–Crippen MR) is 76.1 cm³/mol. The molecule has 4 fully saturated rings. The van der Waals surface area contributed by atoms with Crippen molar-refractivity contribution in [1.82, 2.24) is 0 Å². The monoisotopic (exact) mass is 278 g/mol.